The molecular weight excluding hydrogens is 539 g/mol. The Bertz CT molecular complexity index is 1400. The van der Waals surface area contributed by atoms with E-state index >= 15 is 0 Å². The van der Waals surface area contributed by atoms with Crippen molar-refractivity contribution in [2.45, 2.75) is 26.6 Å². The van der Waals surface area contributed by atoms with Gasteiger partial charge in [-0.05, 0) is 61.4 Å². The summed E-state index contributed by atoms with van der Waals surface area (Å²) in [5.74, 6) is -0.684. The number of pyridine rings is 1. The fraction of sp³-hybridized carbons (Fsp3) is 0.192. The fourth-order valence-electron chi connectivity index (χ4n) is 3.63. The van der Waals surface area contributed by atoms with E-state index in [2.05, 4.69) is 26.0 Å². The highest BCUT2D eigenvalue weighted by molar-refractivity contribution is 9.10. The van der Waals surface area contributed by atoms with Crippen molar-refractivity contribution < 1.29 is 27.4 Å². The van der Waals surface area contributed by atoms with Crippen LogP contribution in [0.1, 0.15) is 34.1 Å². The lowest BCUT2D eigenvalue weighted by molar-refractivity contribution is -0.143. The van der Waals surface area contributed by atoms with Crippen molar-refractivity contribution in [1.29, 1.82) is 0 Å². The Labute approximate surface area is 213 Å². The summed E-state index contributed by atoms with van der Waals surface area (Å²) in [6, 6.07) is 17.6. The van der Waals surface area contributed by atoms with Crippen molar-refractivity contribution in [2.24, 2.45) is 0 Å². The summed E-state index contributed by atoms with van der Waals surface area (Å²) in [5.41, 5.74) is 1.11. The smallest absolute Gasteiger partial charge is 0.434 e. The number of para-hydroxylation sites is 1. The minimum absolute atomic E-state index is 0.0639. The number of nitrogens with zero attached hydrogens (tertiary/aromatic N) is 3. The van der Waals surface area contributed by atoms with Crippen molar-refractivity contribution in [3.63, 3.8) is 0 Å². The van der Waals surface area contributed by atoms with Gasteiger partial charge in [0.25, 0.3) is 0 Å². The summed E-state index contributed by atoms with van der Waals surface area (Å²) < 4.78 is 54.1. The van der Waals surface area contributed by atoms with Crippen LogP contribution in [0, 0.1) is 6.92 Å². The molecule has 2 heterocycles. The first-order valence-electron chi connectivity index (χ1n) is 11.0. The number of esters is 1. The van der Waals surface area contributed by atoms with Gasteiger partial charge in [0.05, 0.1) is 18.5 Å². The minimum Gasteiger partial charge on any atom is -0.488 e. The highest BCUT2D eigenvalue weighted by atomic mass is 79.9. The Morgan fingerprint density at radius 1 is 1.08 bits per heavy atom. The number of ether oxygens (including phenoxy) is 2. The molecule has 0 amide bonds. The number of hydrogen-bond acceptors (Lipinski definition) is 5. The number of halogens is 4. The van der Waals surface area contributed by atoms with Crippen molar-refractivity contribution in [3.05, 3.63) is 93.7 Å². The predicted molar refractivity (Wildman–Crippen MR) is 131 cm³/mol. The third-order valence-electron chi connectivity index (χ3n) is 5.34. The quantitative estimate of drug-likeness (QED) is 0.233. The van der Waals surface area contributed by atoms with Crippen LogP contribution in [0.4, 0.5) is 13.2 Å². The molecule has 0 aliphatic heterocycles. The van der Waals surface area contributed by atoms with E-state index in [9.17, 15) is 18.0 Å². The van der Waals surface area contributed by atoms with Crippen LogP contribution in [0.25, 0.3) is 17.1 Å². The van der Waals surface area contributed by atoms with Gasteiger partial charge in [0.2, 0.25) is 0 Å². The van der Waals surface area contributed by atoms with E-state index in [1.54, 1.807) is 36.4 Å². The van der Waals surface area contributed by atoms with Gasteiger partial charge in [0.1, 0.15) is 17.9 Å². The highest BCUT2D eigenvalue weighted by Crippen LogP contribution is 2.35. The molecule has 0 N–H and O–H groups in total. The SMILES string of the molecule is CCOC(=O)c1cnn(-c2cccc(-c3ccccc3OCc3ccc(Br)cc3C)n2)c1C(F)(F)F. The molecule has 6 nitrogen and oxygen atoms in total. The molecule has 0 aliphatic rings. The number of aromatic nitrogens is 3. The van der Waals surface area contributed by atoms with Crippen LogP contribution in [0.15, 0.2) is 71.3 Å². The van der Waals surface area contributed by atoms with Crippen LogP contribution >= 0.6 is 15.9 Å². The zero-order valence-electron chi connectivity index (χ0n) is 19.3. The number of benzene rings is 2. The number of rotatable bonds is 7. The van der Waals surface area contributed by atoms with Crippen LogP contribution < -0.4 is 4.74 Å². The topological polar surface area (TPSA) is 66.2 Å². The molecule has 2 aromatic heterocycles. The van der Waals surface area contributed by atoms with Gasteiger partial charge in [-0.2, -0.15) is 18.3 Å². The maximum atomic E-state index is 13.9. The molecule has 4 aromatic rings. The van der Waals surface area contributed by atoms with Crippen molar-refractivity contribution in [2.75, 3.05) is 6.61 Å². The maximum Gasteiger partial charge on any atom is 0.434 e. The lowest BCUT2D eigenvalue weighted by atomic mass is 10.1. The number of alkyl halides is 3. The highest BCUT2D eigenvalue weighted by Gasteiger charge is 2.41. The average molecular weight is 560 g/mol. The van der Waals surface area contributed by atoms with Gasteiger partial charge in [-0.15, -0.1) is 0 Å². The third-order valence-corrected chi connectivity index (χ3v) is 5.83. The fourth-order valence-corrected chi connectivity index (χ4v) is 4.10. The van der Waals surface area contributed by atoms with Crippen molar-refractivity contribution >= 4 is 21.9 Å². The molecule has 2 aromatic carbocycles. The Balaban J connectivity index is 1.70. The van der Waals surface area contributed by atoms with E-state index < -0.39 is 23.4 Å². The molecule has 4 rings (SSSR count). The molecule has 186 valence electrons. The standard InChI is InChI=1S/C26H21BrF3N3O3/c1-3-35-25(34)20-14-31-33(24(20)26(28,29)30)23-10-6-8-21(32-23)19-7-4-5-9-22(19)36-15-17-11-12-18(27)13-16(17)2/h4-14H,3,15H2,1-2H3. The summed E-state index contributed by atoms with van der Waals surface area (Å²) in [6.07, 6.45) is -4.02. The van der Waals surface area contributed by atoms with Gasteiger partial charge >= 0.3 is 12.1 Å². The molecule has 0 saturated heterocycles. The van der Waals surface area contributed by atoms with Crippen LogP contribution in [-0.2, 0) is 17.5 Å². The summed E-state index contributed by atoms with van der Waals surface area (Å²) in [7, 11) is 0. The number of aryl methyl sites for hydroxylation is 1. The first-order chi connectivity index (χ1) is 17.2. The molecule has 10 heteroatoms. The predicted octanol–water partition coefficient (Wildman–Crippen LogP) is 6.78. The van der Waals surface area contributed by atoms with E-state index in [-0.39, 0.29) is 12.4 Å². The minimum atomic E-state index is -4.86. The first kappa shape index (κ1) is 25.4. The van der Waals surface area contributed by atoms with Crippen LogP contribution in [0.5, 0.6) is 5.75 Å². The molecule has 0 unspecified atom stereocenters. The van der Waals surface area contributed by atoms with Gasteiger partial charge in [-0.1, -0.05) is 40.2 Å². The molecule has 0 bridgehead atoms. The normalized spacial score (nSPS) is 11.4. The summed E-state index contributed by atoms with van der Waals surface area (Å²) in [4.78, 5) is 16.5. The van der Waals surface area contributed by atoms with Crippen molar-refractivity contribution in [1.82, 2.24) is 14.8 Å². The number of carbonyl (C=O) groups excluding carboxylic acids is 1. The number of carbonyl (C=O) groups is 1. The van der Waals surface area contributed by atoms with Crippen LogP contribution in [0.2, 0.25) is 0 Å². The van der Waals surface area contributed by atoms with E-state index in [1.165, 1.54) is 13.0 Å². The summed E-state index contributed by atoms with van der Waals surface area (Å²) in [5, 5.41) is 3.80. The zero-order chi connectivity index (χ0) is 25.9. The maximum absolute atomic E-state index is 13.9. The van der Waals surface area contributed by atoms with Crippen LogP contribution in [0.3, 0.4) is 0 Å². The molecule has 0 fully saturated rings. The second kappa shape index (κ2) is 10.5. The Hall–Kier alpha value is -3.66. The van der Waals surface area contributed by atoms with E-state index in [1.807, 2.05) is 25.1 Å². The van der Waals surface area contributed by atoms with Gasteiger partial charge in [0.15, 0.2) is 11.5 Å². The molecule has 0 saturated carbocycles. The Morgan fingerprint density at radius 3 is 2.58 bits per heavy atom. The third kappa shape index (κ3) is 5.43. The average Bonchev–Trinajstić information content (AvgIpc) is 3.30. The first-order valence-corrected chi connectivity index (χ1v) is 11.8. The Morgan fingerprint density at radius 2 is 1.86 bits per heavy atom. The van der Waals surface area contributed by atoms with Gasteiger partial charge in [0, 0.05) is 10.0 Å². The number of hydrogen-bond donors (Lipinski definition) is 0. The lowest BCUT2D eigenvalue weighted by Crippen LogP contribution is -2.19. The monoisotopic (exact) mass is 559 g/mol. The van der Waals surface area contributed by atoms with E-state index in [4.69, 9.17) is 9.47 Å². The van der Waals surface area contributed by atoms with E-state index in [0.29, 0.717) is 28.3 Å². The molecule has 0 aliphatic carbocycles. The molecule has 0 atom stereocenters. The van der Waals surface area contributed by atoms with Crippen LogP contribution in [-0.4, -0.2) is 27.3 Å². The molecule has 0 radical (unpaired) electrons. The second-order valence-electron chi connectivity index (χ2n) is 7.77. The zero-order valence-corrected chi connectivity index (χ0v) is 20.9. The summed E-state index contributed by atoms with van der Waals surface area (Å²) in [6.45, 7) is 3.73. The van der Waals surface area contributed by atoms with Crippen molar-refractivity contribution in [3.8, 4) is 22.8 Å². The van der Waals surface area contributed by atoms with E-state index in [0.717, 1.165) is 21.8 Å². The Kier molecular flexibility index (Phi) is 7.44. The van der Waals surface area contributed by atoms with Gasteiger partial charge in [-0.3, -0.25) is 0 Å². The molecule has 0 spiro atoms. The van der Waals surface area contributed by atoms with Gasteiger partial charge in [-0.25, -0.2) is 14.5 Å². The summed E-state index contributed by atoms with van der Waals surface area (Å²) >= 11 is 3.44. The second-order valence-corrected chi connectivity index (χ2v) is 8.69. The lowest BCUT2D eigenvalue weighted by Gasteiger charge is -2.14. The molecule has 36 heavy (non-hydrogen) atoms. The molecular formula is C26H21BrF3N3O3. The van der Waals surface area contributed by atoms with Gasteiger partial charge < -0.3 is 9.47 Å². The largest absolute Gasteiger partial charge is 0.488 e.